The summed E-state index contributed by atoms with van der Waals surface area (Å²) in [6.07, 6.45) is 3.85. The molecule has 0 aliphatic rings. The van der Waals surface area contributed by atoms with Crippen LogP contribution in [0.2, 0.25) is 0 Å². The second-order valence-electron chi connectivity index (χ2n) is 6.38. The van der Waals surface area contributed by atoms with E-state index in [1.807, 2.05) is 18.2 Å². The first kappa shape index (κ1) is 16.7. The van der Waals surface area contributed by atoms with Crippen molar-refractivity contribution in [2.24, 2.45) is 0 Å². The molecule has 4 aromatic rings. The Bertz CT molecular complexity index is 1100. The number of H-pyrrole nitrogens is 1. The van der Waals surface area contributed by atoms with Gasteiger partial charge in [0, 0.05) is 18.5 Å². The summed E-state index contributed by atoms with van der Waals surface area (Å²) in [5, 5.41) is 4.42. The average molecular weight is 363 g/mol. The largest absolute Gasteiger partial charge is 0.365 e. The third-order valence-electron chi connectivity index (χ3n) is 4.57. The van der Waals surface area contributed by atoms with E-state index >= 15 is 0 Å². The van der Waals surface area contributed by atoms with Gasteiger partial charge in [-0.1, -0.05) is 43.7 Å². The maximum atomic E-state index is 5.51. The molecule has 2 aromatic heterocycles. The Morgan fingerprint density at radius 2 is 2.00 bits per heavy atom. The lowest BCUT2D eigenvalue weighted by Gasteiger charge is -2.09. The lowest BCUT2D eigenvalue weighted by Crippen LogP contribution is -2.02. The Balaban J connectivity index is 1.74. The minimum atomic E-state index is 0.721. The van der Waals surface area contributed by atoms with Gasteiger partial charge in [-0.25, -0.2) is 9.97 Å². The Hall–Kier alpha value is -2.73. The molecular formula is C20H21N5S. The van der Waals surface area contributed by atoms with E-state index in [9.17, 15) is 0 Å². The van der Waals surface area contributed by atoms with E-state index in [1.54, 1.807) is 6.33 Å². The molecule has 5 nitrogen and oxygen atoms in total. The van der Waals surface area contributed by atoms with Crippen molar-refractivity contribution in [3.63, 3.8) is 0 Å². The summed E-state index contributed by atoms with van der Waals surface area (Å²) in [5.74, 6) is 0.835. The van der Waals surface area contributed by atoms with Crippen LogP contribution >= 0.6 is 12.2 Å². The maximum Gasteiger partial charge on any atom is 0.178 e. The molecule has 0 fully saturated rings. The number of aromatic amines is 1. The van der Waals surface area contributed by atoms with Gasteiger partial charge in [0.05, 0.1) is 16.6 Å². The number of fused-ring (bicyclic) bond motifs is 2. The molecule has 6 heteroatoms. The van der Waals surface area contributed by atoms with Crippen LogP contribution in [0.15, 0.2) is 48.8 Å². The van der Waals surface area contributed by atoms with Crippen LogP contribution in [0, 0.1) is 4.77 Å². The molecular weight excluding hydrogens is 342 g/mol. The van der Waals surface area contributed by atoms with Crippen LogP contribution in [0.25, 0.3) is 21.9 Å². The van der Waals surface area contributed by atoms with Crippen LogP contribution < -0.4 is 5.32 Å². The second kappa shape index (κ2) is 7.25. The van der Waals surface area contributed by atoms with Crippen molar-refractivity contribution in [3.8, 4) is 0 Å². The van der Waals surface area contributed by atoms with Gasteiger partial charge in [0.25, 0.3) is 0 Å². The van der Waals surface area contributed by atoms with Gasteiger partial charge in [0.15, 0.2) is 4.77 Å². The number of aryl methyl sites for hydroxylation is 1. The van der Waals surface area contributed by atoms with Crippen LogP contribution in [0.5, 0.6) is 0 Å². The fourth-order valence-electron chi connectivity index (χ4n) is 3.17. The minimum absolute atomic E-state index is 0.721. The van der Waals surface area contributed by atoms with Gasteiger partial charge in [-0.2, -0.15) is 0 Å². The number of hydrogen-bond acceptors (Lipinski definition) is 4. The van der Waals surface area contributed by atoms with E-state index in [4.69, 9.17) is 12.2 Å². The van der Waals surface area contributed by atoms with Gasteiger partial charge in [0.1, 0.15) is 12.1 Å². The van der Waals surface area contributed by atoms with Gasteiger partial charge < -0.3 is 14.9 Å². The van der Waals surface area contributed by atoms with Gasteiger partial charge in [-0.3, -0.25) is 0 Å². The number of nitrogens with one attached hydrogen (secondary N) is 2. The molecule has 0 atom stereocenters. The highest BCUT2D eigenvalue weighted by molar-refractivity contribution is 7.71. The predicted molar refractivity (Wildman–Crippen MR) is 109 cm³/mol. The third-order valence-corrected chi connectivity index (χ3v) is 4.89. The molecule has 2 heterocycles. The van der Waals surface area contributed by atoms with Gasteiger partial charge >= 0.3 is 0 Å². The zero-order valence-corrected chi connectivity index (χ0v) is 15.5. The highest BCUT2D eigenvalue weighted by Gasteiger charge is 2.10. The fraction of sp³-hybridized carbons (Fsp3) is 0.250. The Labute approximate surface area is 157 Å². The normalized spacial score (nSPS) is 11.3. The number of rotatable bonds is 6. The summed E-state index contributed by atoms with van der Waals surface area (Å²) in [5.41, 5.74) is 4.26. The van der Waals surface area contributed by atoms with Crippen LogP contribution in [0.1, 0.15) is 25.3 Å². The second-order valence-corrected chi connectivity index (χ2v) is 6.77. The molecule has 0 bridgehead atoms. The smallest absolute Gasteiger partial charge is 0.178 e. The zero-order chi connectivity index (χ0) is 17.9. The first-order valence-corrected chi connectivity index (χ1v) is 9.32. The van der Waals surface area contributed by atoms with Crippen LogP contribution in [0.3, 0.4) is 0 Å². The minimum Gasteiger partial charge on any atom is -0.365 e. The number of nitrogens with zero attached hydrogens (tertiary/aromatic N) is 3. The molecule has 2 aromatic carbocycles. The summed E-state index contributed by atoms with van der Waals surface area (Å²) >= 11 is 5.51. The van der Waals surface area contributed by atoms with E-state index in [0.717, 1.165) is 58.5 Å². The van der Waals surface area contributed by atoms with Gasteiger partial charge in [-0.05, 0) is 36.3 Å². The monoisotopic (exact) mass is 363 g/mol. The van der Waals surface area contributed by atoms with Crippen molar-refractivity contribution in [2.45, 2.75) is 32.9 Å². The molecule has 4 rings (SSSR count). The highest BCUT2D eigenvalue weighted by Crippen LogP contribution is 2.26. The molecule has 26 heavy (non-hydrogen) atoms. The third kappa shape index (κ3) is 3.20. The SMILES string of the molecule is CCCCn1c(=S)[nH]c2cc3c(NCc4ccccc4)ncnc3cc21. The molecule has 0 aliphatic heterocycles. The molecule has 0 saturated carbocycles. The molecule has 0 amide bonds. The van der Waals surface area contributed by atoms with Crippen molar-refractivity contribution in [3.05, 3.63) is 59.1 Å². The fourth-order valence-corrected chi connectivity index (χ4v) is 3.47. The van der Waals surface area contributed by atoms with Crippen molar-refractivity contribution in [1.29, 1.82) is 0 Å². The molecule has 0 aliphatic carbocycles. The lowest BCUT2D eigenvalue weighted by molar-refractivity contribution is 0.639. The number of anilines is 1. The van der Waals surface area contributed by atoms with Crippen molar-refractivity contribution >= 4 is 40.0 Å². The summed E-state index contributed by atoms with van der Waals surface area (Å²) < 4.78 is 2.92. The van der Waals surface area contributed by atoms with E-state index in [0.29, 0.717) is 0 Å². The first-order chi connectivity index (χ1) is 12.8. The van der Waals surface area contributed by atoms with Crippen LogP contribution in [-0.4, -0.2) is 19.5 Å². The number of hydrogen-bond donors (Lipinski definition) is 2. The van der Waals surface area contributed by atoms with E-state index in [-0.39, 0.29) is 0 Å². The number of benzene rings is 2. The summed E-state index contributed by atoms with van der Waals surface area (Å²) in [7, 11) is 0. The van der Waals surface area contributed by atoms with Crippen LogP contribution in [0.4, 0.5) is 5.82 Å². The molecule has 0 saturated heterocycles. The lowest BCUT2D eigenvalue weighted by atomic mass is 10.2. The zero-order valence-electron chi connectivity index (χ0n) is 14.7. The maximum absolute atomic E-state index is 5.51. The van der Waals surface area contributed by atoms with E-state index in [2.05, 4.69) is 56.0 Å². The van der Waals surface area contributed by atoms with E-state index < -0.39 is 0 Å². The first-order valence-electron chi connectivity index (χ1n) is 8.91. The molecule has 132 valence electrons. The average Bonchev–Trinajstić information content (AvgIpc) is 2.98. The van der Waals surface area contributed by atoms with Crippen molar-refractivity contribution in [2.75, 3.05) is 5.32 Å². The highest BCUT2D eigenvalue weighted by atomic mass is 32.1. The topological polar surface area (TPSA) is 58.5 Å². The van der Waals surface area contributed by atoms with Crippen molar-refractivity contribution < 1.29 is 0 Å². The van der Waals surface area contributed by atoms with Crippen LogP contribution in [-0.2, 0) is 13.1 Å². The Kier molecular flexibility index (Phi) is 4.67. The predicted octanol–water partition coefficient (Wildman–Crippen LogP) is 5.05. The molecule has 0 spiro atoms. The summed E-state index contributed by atoms with van der Waals surface area (Å²) in [6, 6.07) is 14.5. The number of aromatic nitrogens is 4. The molecule has 2 N–H and O–H groups in total. The van der Waals surface area contributed by atoms with Gasteiger partial charge in [-0.15, -0.1) is 0 Å². The van der Waals surface area contributed by atoms with Gasteiger partial charge in [0.2, 0.25) is 0 Å². The number of unbranched alkanes of at least 4 members (excludes halogenated alkanes) is 1. The molecule has 0 unspecified atom stereocenters. The summed E-state index contributed by atoms with van der Waals surface area (Å²) in [6.45, 7) is 3.83. The standard InChI is InChI=1S/C20H21N5S/c1-2-3-9-25-18-11-16-15(10-17(18)24-20(25)26)19(23-13-22-16)21-12-14-7-5-4-6-8-14/h4-8,10-11,13H,2-3,9,12H2,1H3,(H,24,26)(H,21,22,23). The Morgan fingerprint density at radius 3 is 2.81 bits per heavy atom. The van der Waals surface area contributed by atoms with E-state index in [1.165, 1.54) is 5.56 Å². The Morgan fingerprint density at radius 1 is 1.15 bits per heavy atom. The number of imidazole rings is 1. The quantitative estimate of drug-likeness (QED) is 0.470. The molecule has 0 radical (unpaired) electrons. The van der Waals surface area contributed by atoms with Crippen molar-refractivity contribution in [1.82, 2.24) is 19.5 Å². The summed E-state index contributed by atoms with van der Waals surface area (Å²) in [4.78, 5) is 12.2.